The van der Waals surface area contributed by atoms with Crippen LogP contribution in [-0.4, -0.2) is 74.9 Å². The van der Waals surface area contributed by atoms with Gasteiger partial charge < -0.3 is 18.9 Å². The van der Waals surface area contributed by atoms with E-state index < -0.39 is 26.5 Å². The van der Waals surface area contributed by atoms with Crippen molar-refractivity contribution in [2.45, 2.75) is 200 Å². The summed E-state index contributed by atoms with van der Waals surface area (Å²) in [6, 6.07) is 0. The molecule has 0 aliphatic carbocycles. The van der Waals surface area contributed by atoms with Gasteiger partial charge in [-0.15, -0.1) is 0 Å². The molecule has 0 aliphatic heterocycles. The van der Waals surface area contributed by atoms with Crippen molar-refractivity contribution in [3.8, 4) is 0 Å². The lowest BCUT2D eigenvalue weighted by molar-refractivity contribution is -0.870. The molecule has 1 N–H and O–H groups in total. The highest BCUT2D eigenvalue weighted by Gasteiger charge is 2.27. The molecule has 0 saturated carbocycles. The standard InChI is InChI=1S/C50H90NO8P/c1-6-8-10-12-14-16-18-20-22-24-25-27-29-31-33-35-37-39-41-43-50(53)59-48(47-58-60(54,55)57-45-44-51(3,4)5)46-56-49(52)42-40-38-36-34-32-30-28-26-23-21-19-17-15-13-11-9-7-2/h14,16,20,22,25,27,31,33,37,39,48H,6-13,15,17-19,21,23-24,26,28-30,32,34-36,38,40-47H2,1-5H3/p+1/b16-14+,22-20+,27-25+,33-31+,39-37+/t48-/m1/s1. The van der Waals surface area contributed by atoms with Crippen LogP contribution in [-0.2, 0) is 32.7 Å². The van der Waals surface area contributed by atoms with Gasteiger partial charge in [0.1, 0.15) is 19.8 Å². The molecule has 10 heteroatoms. The number of hydrogen-bond acceptors (Lipinski definition) is 7. The van der Waals surface area contributed by atoms with Crippen LogP contribution < -0.4 is 0 Å². The molecular weight excluding hydrogens is 774 g/mol. The Kier molecular flexibility index (Phi) is 40.4. The monoisotopic (exact) mass is 865 g/mol. The van der Waals surface area contributed by atoms with E-state index in [1.807, 2.05) is 33.3 Å². The summed E-state index contributed by atoms with van der Waals surface area (Å²) in [7, 11) is 1.43. The predicted octanol–water partition coefficient (Wildman–Crippen LogP) is 14.0. The molecule has 0 aliphatic rings. The fourth-order valence-electron chi connectivity index (χ4n) is 6.29. The summed E-state index contributed by atoms with van der Waals surface area (Å²) in [5, 5.41) is 0. The van der Waals surface area contributed by atoms with E-state index in [0.717, 1.165) is 44.9 Å². The molecule has 9 nitrogen and oxygen atoms in total. The number of phosphoric ester groups is 1. The number of ether oxygens (including phenoxy) is 2. The quantitative estimate of drug-likeness (QED) is 0.0212. The van der Waals surface area contributed by atoms with Gasteiger partial charge in [0.2, 0.25) is 0 Å². The minimum Gasteiger partial charge on any atom is -0.462 e. The minimum absolute atomic E-state index is 0.0173. The molecular formula is C50H91NO8P+. The molecule has 0 amide bonds. The average Bonchev–Trinajstić information content (AvgIpc) is 3.20. The van der Waals surface area contributed by atoms with Crippen LogP contribution in [0.5, 0.6) is 0 Å². The molecule has 348 valence electrons. The third-order valence-corrected chi connectivity index (χ3v) is 11.0. The predicted molar refractivity (Wildman–Crippen MR) is 252 cm³/mol. The van der Waals surface area contributed by atoms with Gasteiger partial charge in [0.25, 0.3) is 0 Å². The third-order valence-electron chi connectivity index (χ3n) is 10.1. The maximum atomic E-state index is 12.7. The summed E-state index contributed by atoms with van der Waals surface area (Å²) >= 11 is 0. The van der Waals surface area contributed by atoms with E-state index in [-0.39, 0.29) is 32.0 Å². The molecule has 0 spiro atoms. The SMILES string of the molecule is CCCCC/C=C/C/C=C/C/C=C/C/C=C/C/C=C/CCC(=O)O[C@H](COC(=O)CCCCCCCCCCCCCCCCCCC)COP(=O)(O)OCC[N+](C)(C)C. The van der Waals surface area contributed by atoms with E-state index in [4.69, 9.17) is 18.5 Å². The number of likely N-dealkylation sites (N-methyl/N-ethyl adjacent to an activating group) is 1. The van der Waals surface area contributed by atoms with Gasteiger partial charge >= 0.3 is 19.8 Å². The Balaban J connectivity index is 4.42. The number of carbonyl (C=O) groups is 2. The molecule has 0 aromatic heterocycles. The maximum Gasteiger partial charge on any atom is 0.472 e. The van der Waals surface area contributed by atoms with E-state index in [0.29, 0.717) is 17.4 Å². The Bertz CT molecular complexity index is 1210. The molecule has 0 bridgehead atoms. The minimum atomic E-state index is -4.40. The van der Waals surface area contributed by atoms with Crippen molar-refractivity contribution in [2.75, 3.05) is 47.5 Å². The Morgan fingerprint density at radius 1 is 0.517 bits per heavy atom. The molecule has 60 heavy (non-hydrogen) atoms. The number of hydrogen-bond donors (Lipinski definition) is 1. The van der Waals surface area contributed by atoms with Crippen LogP contribution >= 0.6 is 7.82 Å². The molecule has 0 heterocycles. The lowest BCUT2D eigenvalue weighted by Crippen LogP contribution is -2.37. The maximum absolute atomic E-state index is 12.7. The lowest BCUT2D eigenvalue weighted by atomic mass is 10.0. The summed E-state index contributed by atoms with van der Waals surface area (Å²) in [6.07, 6.45) is 51.4. The van der Waals surface area contributed by atoms with Crippen LogP contribution in [0.1, 0.15) is 194 Å². The summed E-state index contributed by atoms with van der Waals surface area (Å²) in [6.45, 7) is 4.32. The lowest BCUT2D eigenvalue weighted by Gasteiger charge is -2.24. The molecule has 2 atom stereocenters. The van der Waals surface area contributed by atoms with E-state index in [2.05, 4.69) is 62.5 Å². The van der Waals surface area contributed by atoms with Crippen LogP contribution in [0, 0.1) is 0 Å². The summed E-state index contributed by atoms with van der Waals surface area (Å²) in [5.41, 5.74) is 0. The van der Waals surface area contributed by atoms with Crippen LogP contribution in [0.25, 0.3) is 0 Å². The van der Waals surface area contributed by atoms with Crippen molar-refractivity contribution in [2.24, 2.45) is 0 Å². The van der Waals surface area contributed by atoms with Gasteiger partial charge in [-0.2, -0.15) is 0 Å². The zero-order valence-corrected chi connectivity index (χ0v) is 40.1. The zero-order valence-electron chi connectivity index (χ0n) is 39.2. The van der Waals surface area contributed by atoms with Crippen molar-refractivity contribution in [3.63, 3.8) is 0 Å². The number of nitrogens with zero attached hydrogens (tertiary/aromatic N) is 1. The second-order valence-electron chi connectivity index (χ2n) is 17.1. The first-order valence-electron chi connectivity index (χ1n) is 24.0. The van der Waals surface area contributed by atoms with E-state index in [1.165, 1.54) is 116 Å². The van der Waals surface area contributed by atoms with Crippen LogP contribution in [0.15, 0.2) is 60.8 Å². The zero-order chi connectivity index (χ0) is 44.3. The van der Waals surface area contributed by atoms with Gasteiger partial charge in [-0.1, -0.05) is 190 Å². The number of esters is 2. The number of unbranched alkanes of at least 4 members (excludes halogenated alkanes) is 19. The van der Waals surface area contributed by atoms with Crippen molar-refractivity contribution >= 4 is 19.8 Å². The van der Waals surface area contributed by atoms with Crippen molar-refractivity contribution < 1.29 is 42.1 Å². The van der Waals surface area contributed by atoms with E-state index in [1.54, 1.807) is 0 Å². The normalized spacial score (nSPS) is 14.0. The largest absolute Gasteiger partial charge is 0.472 e. The van der Waals surface area contributed by atoms with Crippen LogP contribution in [0.3, 0.4) is 0 Å². The van der Waals surface area contributed by atoms with Crippen molar-refractivity contribution in [3.05, 3.63) is 60.8 Å². The van der Waals surface area contributed by atoms with Gasteiger partial charge in [-0.25, -0.2) is 4.57 Å². The number of phosphoric acid groups is 1. The Labute approximate surface area is 368 Å². The number of allylic oxidation sites excluding steroid dienone is 10. The Hall–Kier alpha value is -2.29. The first-order valence-corrected chi connectivity index (χ1v) is 25.5. The van der Waals surface area contributed by atoms with E-state index >= 15 is 0 Å². The van der Waals surface area contributed by atoms with Gasteiger partial charge in [-0.05, 0) is 51.4 Å². The third kappa shape index (κ3) is 45.2. The fraction of sp³-hybridized carbons (Fsp3) is 0.760. The summed E-state index contributed by atoms with van der Waals surface area (Å²) < 4.78 is 34.3. The summed E-state index contributed by atoms with van der Waals surface area (Å²) in [5.74, 6) is -0.892. The second kappa shape index (κ2) is 42.0. The highest BCUT2D eigenvalue weighted by atomic mass is 31.2. The van der Waals surface area contributed by atoms with E-state index in [9.17, 15) is 19.0 Å². The fourth-order valence-corrected chi connectivity index (χ4v) is 7.03. The molecule has 0 saturated heterocycles. The van der Waals surface area contributed by atoms with Gasteiger partial charge in [0.15, 0.2) is 6.10 Å². The molecule has 0 radical (unpaired) electrons. The van der Waals surface area contributed by atoms with Gasteiger partial charge in [-0.3, -0.25) is 18.6 Å². The summed E-state index contributed by atoms with van der Waals surface area (Å²) in [4.78, 5) is 35.4. The number of rotatable bonds is 43. The molecule has 0 aromatic rings. The highest BCUT2D eigenvalue weighted by molar-refractivity contribution is 7.47. The molecule has 0 fully saturated rings. The Morgan fingerprint density at radius 3 is 1.40 bits per heavy atom. The molecule has 1 unspecified atom stereocenters. The van der Waals surface area contributed by atoms with Crippen molar-refractivity contribution in [1.29, 1.82) is 0 Å². The molecule has 0 rings (SSSR count). The second-order valence-corrected chi connectivity index (χ2v) is 18.6. The van der Waals surface area contributed by atoms with Crippen molar-refractivity contribution in [1.82, 2.24) is 0 Å². The smallest absolute Gasteiger partial charge is 0.462 e. The van der Waals surface area contributed by atoms with Crippen LogP contribution in [0.2, 0.25) is 0 Å². The van der Waals surface area contributed by atoms with Crippen LogP contribution in [0.4, 0.5) is 0 Å². The number of quaternary nitrogens is 1. The van der Waals surface area contributed by atoms with Gasteiger partial charge in [0.05, 0.1) is 27.7 Å². The van der Waals surface area contributed by atoms with Gasteiger partial charge in [0, 0.05) is 12.8 Å². The number of carbonyl (C=O) groups excluding carboxylic acids is 2. The topological polar surface area (TPSA) is 108 Å². The first kappa shape index (κ1) is 57.7. The first-order chi connectivity index (χ1) is 29.0. The average molecular weight is 865 g/mol. The molecule has 0 aromatic carbocycles. The Morgan fingerprint density at radius 2 is 0.933 bits per heavy atom. The highest BCUT2D eigenvalue weighted by Crippen LogP contribution is 2.43.